The van der Waals surface area contributed by atoms with Crippen LogP contribution in [0.4, 0.5) is 0 Å². The summed E-state index contributed by atoms with van der Waals surface area (Å²) in [5, 5.41) is 2.90. The normalized spacial score (nSPS) is 8.50. The Balaban J connectivity index is 3.05. The fourth-order valence-corrected chi connectivity index (χ4v) is 0.984. The maximum absolute atomic E-state index is 5.06. The molecule has 1 aromatic rings. The minimum atomic E-state index is 0.743. The Morgan fingerprint density at radius 2 is 2.62 bits per heavy atom. The van der Waals surface area contributed by atoms with Crippen LogP contribution in [0.25, 0.3) is 0 Å². The molecule has 0 aromatic carbocycles. The number of aromatic nitrogens is 1. The summed E-state index contributed by atoms with van der Waals surface area (Å²) in [5.74, 6) is 2.45. The summed E-state index contributed by atoms with van der Waals surface area (Å²) in [6.07, 6.45) is 5.06. The molecule has 0 aliphatic carbocycles. The highest BCUT2D eigenvalue weighted by Crippen LogP contribution is 2.05. The van der Waals surface area contributed by atoms with E-state index in [1.165, 1.54) is 0 Å². The van der Waals surface area contributed by atoms with Gasteiger partial charge >= 0.3 is 0 Å². The van der Waals surface area contributed by atoms with E-state index in [0.29, 0.717) is 0 Å². The maximum atomic E-state index is 5.06. The molecule has 0 unspecified atom stereocenters. The first-order chi connectivity index (χ1) is 3.83. The predicted octanol–water partition coefficient (Wildman–Crippen LogP) is 1.43. The van der Waals surface area contributed by atoms with Crippen LogP contribution in [0.3, 0.4) is 0 Å². The molecule has 0 atom stereocenters. The lowest BCUT2D eigenvalue weighted by atomic mass is 10.5. The van der Waals surface area contributed by atoms with E-state index in [2.05, 4.69) is 10.9 Å². The molecule has 40 valence electrons. The van der Waals surface area contributed by atoms with Crippen LogP contribution in [-0.2, 0) is 0 Å². The standard InChI is InChI=1S/C6H5NS/c1-3-6-4-8-5(2)7-6/h1,4H,2H3. The van der Waals surface area contributed by atoms with E-state index in [4.69, 9.17) is 6.42 Å². The van der Waals surface area contributed by atoms with Crippen LogP contribution in [0.2, 0.25) is 0 Å². The Kier molecular flexibility index (Phi) is 1.32. The van der Waals surface area contributed by atoms with E-state index in [9.17, 15) is 0 Å². The number of thiazole rings is 1. The van der Waals surface area contributed by atoms with Crippen LogP contribution in [0.5, 0.6) is 0 Å². The van der Waals surface area contributed by atoms with Gasteiger partial charge in [0.05, 0.1) is 5.01 Å². The largest absolute Gasteiger partial charge is 0.233 e. The second-order valence-corrected chi connectivity index (χ2v) is 2.46. The Hall–Kier alpha value is -0.810. The molecule has 1 nitrogen and oxygen atoms in total. The summed E-state index contributed by atoms with van der Waals surface area (Å²) >= 11 is 1.58. The van der Waals surface area contributed by atoms with Gasteiger partial charge in [0.1, 0.15) is 5.69 Å². The van der Waals surface area contributed by atoms with Crippen molar-refractivity contribution >= 4 is 11.3 Å². The number of hydrogen-bond acceptors (Lipinski definition) is 2. The molecule has 0 radical (unpaired) electrons. The Morgan fingerprint density at radius 1 is 1.88 bits per heavy atom. The van der Waals surface area contributed by atoms with Crippen molar-refractivity contribution in [3.63, 3.8) is 0 Å². The van der Waals surface area contributed by atoms with E-state index in [0.717, 1.165) is 10.7 Å². The SMILES string of the molecule is C#Cc1csc(C)n1. The van der Waals surface area contributed by atoms with Gasteiger partial charge in [-0.05, 0) is 12.8 Å². The lowest BCUT2D eigenvalue weighted by molar-refractivity contribution is 1.27. The minimum Gasteiger partial charge on any atom is -0.233 e. The van der Waals surface area contributed by atoms with Crippen LogP contribution >= 0.6 is 11.3 Å². The monoisotopic (exact) mass is 123 g/mol. The second-order valence-electron chi connectivity index (χ2n) is 1.40. The molecule has 1 aromatic heterocycles. The molecule has 0 fully saturated rings. The molecule has 0 N–H and O–H groups in total. The summed E-state index contributed by atoms with van der Waals surface area (Å²) in [5.41, 5.74) is 0.743. The number of aryl methyl sites for hydroxylation is 1. The third kappa shape index (κ3) is 0.877. The van der Waals surface area contributed by atoms with Gasteiger partial charge in [-0.15, -0.1) is 17.8 Å². The third-order valence-electron chi connectivity index (χ3n) is 0.767. The molecule has 0 saturated heterocycles. The van der Waals surface area contributed by atoms with Gasteiger partial charge in [0.25, 0.3) is 0 Å². The third-order valence-corrected chi connectivity index (χ3v) is 1.54. The minimum absolute atomic E-state index is 0.743. The zero-order valence-electron chi connectivity index (χ0n) is 4.51. The van der Waals surface area contributed by atoms with Crippen molar-refractivity contribution in [1.82, 2.24) is 4.98 Å². The number of terminal acetylenes is 1. The second kappa shape index (κ2) is 1.97. The van der Waals surface area contributed by atoms with Crippen molar-refractivity contribution < 1.29 is 0 Å². The Bertz CT molecular complexity index is 219. The van der Waals surface area contributed by atoms with E-state index in [1.54, 1.807) is 11.3 Å². The Morgan fingerprint density at radius 3 is 2.88 bits per heavy atom. The highest BCUT2D eigenvalue weighted by atomic mass is 32.1. The molecule has 0 spiro atoms. The molecular weight excluding hydrogens is 118 g/mol. The highest BCUT2D eigenvalue weighted by molar-refractivity contribution is 7.09. The zero-order valence-corrected chi connectivity index (χ0v) is 5.33. The van der Waals surface area contributed by atoms with Crippen molar-refractivity contribution in [1.29, 1.82) is 0 Å². The predicted molar refractivity (Wildman–Crippen MR) is 34.8 cm³/mol. The van der Waals surface area contributed by atoms with Gasteiger partial charge in [-0.25, -0.2) is 4.98 Å². The van der Waals surface area contributed by atoms with Gasteiger partial charge in [-0.3, -0.25) is 0 Å². The molecule has 0 bridgehead atoms. The number of nitrogens with zero attached hydrogens (tertiary/aromatic N) is 1. The first kappa shape index (κ1) is 5.33. The van der Waals surface area contributed by atoms with E-state index >= 15 is 0 Å². The lowest BCUT2D eigenvalue weighted by Crippen LogP contribution is -1.69. The zero-order chi connectivity index (χ0) is 5.98. The first-order valence-electron chi connectivity index (χ1n) is 2.21. The number of rotatable bonds is 0. The van der Waals surface area contributed by atoms with Crippen molar-refractivity contribution in [2.75, 3.05) is 0 Å². The smallest absolute Gasteiger partial charge is 0.124 e. The number of hydrogen-bond donors (Lipinski definition) is 0. The average Bonchev–Trinajstić information content (AvgIpc) is 2.14. The van der Waals surface area contributed by atoms with Crippen LogP contribution in [0.15, 0.2) is 5.38 Å². The van der Waals surface area contributed by atoms with Crippen LogP contribution in [-0.4, -0.2) is 4.98 Å². The van der Waals surface area contributed by atoms with Crippen molar-refractivity contribution in [3.8, 4) is 12.3 Å². The topological polar surface area (TPSA) is 12.9 Å². The molecule has 0 aliphatic rings. The molecule has 2 heteroatoms. The molecule has 0 saturated carbocycles. The van der Waals surface area contributed by atoms with E-state index < -0.39 is 0 Å². The quantitative estimate of drug-likeness (QED) is 0.475. The van der Waals surface area contributed by atoms with Crippen LogP contribution in [0.1, 0.15) is 10.7 Å². The molecule has 1 rings (SSSR count). The van der Waals surface area contributed by atoms with Gasteiger partial charge in [0.15, 0.2) is 0 Å². The molecular formula is C6H5NS. The molecule has 8 heavy (non-hydrogen) atoms. The van der Waals surface area contributed by atoms with Gasteiger partial charge < -0.3 is 0 Å². The lowest BCUT2D eigenvalue weighted by Gasteiger charge is -1.71. The van der Waals surface area contributed by atoms with E-state index in [-0.39, 0.29) is 0 Å². The average molecular weight is 123 g/mol. The summed E-state index contributed by atoms with van der Waals surface area (Å²) in [6, 6.07) is 0. The molecule has 1 heterocycles. The van der Waals surface area contributed by atoms with Gasteiger partial charge in [0, 0.05) is 5.38 Å². The van der Waals surface area contributed by atoms with E-state index in [1.807, 2.05) is 12.3 Å². The maximum Gasteiger partial charge on any atom is 0.124 e. The summed E-state index contributed by atoms with van der Waals surface area (Å²) in [4.78, 5) is 4.01. The first-order valence-corrected chi connectivity index (χ1v) is 3.09. The highest BCUT2D eigenvalue weighted by Gasteiger charge is 1.89. The van der Waals surface area contributed by atoms with Gasteiger partial charge in [0.2, 0.25) is 0 Å². The molecule has 0 aliphatic heterocycles. The van der Waals surface area contributed by atoms with Crippen LogP contribution in [0, 0.1) is 19.3 Å². The van der Waals surface area contributed by atoms with Crippen LogP contribution < -0.4 is 0 Å². The van der Waals surface area contributed by atoms with Crippen molar-refractivity contribution in [3.05, 3.63) is 16.1 Å². The summed E-state index contributed by atoms with van der Waals surface area (Å²) in [7, 11) is 0. The molecule has 0 amide bonds. The van der Waals surface area contributed by atoms with Crippen molar-refractivity contribution in [2.24, 2.45) is 0 Å². The fraction of sp³-hybridized carbons (Fsp3) is 0.167. The fourth-order valence-electron chi connectivity index (χ4n) is 0.430. The van der Waals surface area contributed by atoms with Crippen molar-refractivity contribution in [2.45, 2.75) is 6.92 Å². The summed E-state index contributed by atoms with van der Waals surface area (Å²) in [6.45, 7) is 1.94. The Labute approximate surface area is 52.4 Å². The summed E-state index contributed by atoms with van der Waals surface area (Å²) < 4.78 is 0. The van der Waals surface area contributed by atoms with Gasteiger partial charge in [-0.1, -0.05) is 0 Å². The van der Waals surface area contributed by atoms with Gasteiger partial charge in [-0.2, -0.15) is 0 Å².